The molecule has 3 heteroatoms. The monoisotopic (exact) mass is 266 g/mol. The van der Waals surface area contributed by atoms with Gasteiger partial charge in [0.2, 0.25) is 0 Å². The fourth-order valence-corrected chi connectivity index (χ4v) is 2.03. The highest BCUT2D eigenvalue weighted by atomic mass is 32.1. The van der Waals surface area contributed by atoms with E-state index in [0.717, 1.165) is 16.7 Å². The molecule has 1 aromatic rings. The van der Waals surface area contributed by atoms with Gasteiger partial charge in [-0.2, -0.15) is 37.9 Å². The van der Waals surface area contributed by atoms with Gasteiger partial charge in [-0.15, -0.1) is 0 Å². The van der Waals surface area contributed by atoms with Gasteiger partial charge in [0.1, 0.15) is 0 Å². The molecule has 0 amide bonds. The molecule has 0 aliphatic carbocycles. The molecule has 0 radical (unpaired) electrons. The van der Waals surface area contributed by atoms with E-state index in [4.69, 9.17) is 0 Å². The van der Waals surface area contributed by atoms with Gasteiger partial charge in [0.15, 0.2) is 0 Å². The van der Waals surface area contributed by atoms with Crippen molar-refractivity contribution in [3.8, 4) is 0 Å². The lowest BCUT2D eigenvalue weighted by atomic mass is 9.98. The first-order valence-corrected chi connectivity index (χ1v) is 6.34. The molecule has 1 aromatic carbocycles. The van der Waals surface area contributed by atoms with Crippen LogP contribution in [0.15, 0.2) is 28.4 Å². The molecule has 0 saturated carbocycles. The maximum atomic E-state index is 4.12. The zero-order chi connectivity index (χ0) is 12.0. The number of hydrogen-bond donors (Lipinski definition) is 3. The molecule has 0 saturated heterocycles. The number of hydrogen-bond acceptors (Lipinski definition) is 3. The van der Waals surface area contributed by atoms with E-state index in [-0.39, 0.29) is 0 Å². The first kappa shape index (κ1) is 13.6. The Kier molecular flexibility index (Phi) is 5.88. The van der Waals surface area contributed by atoms with Gasteiger partial charge in [-0.25, -0.2) is 0 Å². The van der Waals surface area contributed by atoms with Gasteiger partial charge in [0.05, 0.1) is 0 Å². The predicted octanol–water partition coefficient (Wildman–Crippen LogP) is 4.70. The van der Waals surface area contributed by atoms with Gasteiger partial charge >= 0.3 is 0 Å². The smallest absolute Gasteiger partial charge is 0.0106 e. The van der Waals surface area contributed by atoms with Crippen molar-refractivity contribution in [3.63, 3.8) is 0 Å². The molecule has 0 bridgehead atoms. The third-order valence-electron chi connectivity index (χ3n) is 2.14. The van der Waals surface area contributed by atoms with Crippen LogP contribution in [0.3, 0.4) is 0 Å². The van der Waals surface area contributed by atoms with E-state index >= 15 is 0 Å². The molecule has 84 valence electrons. The van der Waals surface area contributed by atoms with E-state index in [2.05, 4.69) is 56.9 Å². The van der Waals surface area contributed by atoms with Crippen molar-refractivity contribution < 1.29 is 0 Å². The van der Waals surface area contributed by atoms with Gasteiger partial charge in [-0.3, -0.25) is 0 Å². The van der Waals surface area contributed by atoms with Crippen molar-refractivity contribution in [2.24, 2.45) is 0 Å². The van der Waals surface area contributed by atoms with Crippen molar-refractivity contribution in [3.05, 3.63) is 50.6 Å². The Morgan fingerprint density at radius 3 is 1.62 bits per heavy atom. The van der Waals surface area contributed by atoms with Crippen LogP contribution >= 0.6 is 37.9 Å². The zero-order valence-electron chi connectivity index (χ0n) is 8.96. The van der Waals surface area contributed by atoms with Crippen molar-refractivity contribution in [1.29, 1.82) is 0 Å². The summed E-state index contributed by atoms with van der Waals surface area (Å²) in [6.07, 6.45) is 5.90. The largest absolute Gasteiger partial charge is 0.151 e. The molecule has 0 fully saturated rings. The molecule has 0 heterocycles. The second-order valence-corrected chi connectivity index (χ2v) is 4.20. The van der Waals surface area contributed by atoms with Crippen LogP contribution in [0.25, 0.3) is 18.2 Å². The van der Waals surface area contributed by atoms with E-state index in [1.807, 2.05) is 18.2 Å². The summed E-state index contributed by atoms with van der Waals surface area (Å²) >= 11 is 12.3. The van der Waals surface area contributed by atoms with Crippen LogP contribution in [0.1, 0.15) is 22.3 Å². The summed E-state index contributed by atoms with van der Waals surface area (Å²) in [6.45, 7) is 2.07. The minimum Gasteiger partial charge on any atom is -0.151 e. The van der Waals surface area contributed by atoms with Gasteiger partial charge < -0.3 is 0 Å². The lowest BCUT2D eigenvalue weighted by Crippen LogP contribution is -1.88. The number of benzene rings is 1. The van der Waals surface area contributed by atoms with Crippen molar-refractivity contribution >= 4 is 56.1 Å². The second-order valence-electron chi connectivity index (χ2n) is 3.30. The number of thiol groups is 3. The van der Waals surface area contributed by atoms with Crippen LogP contribution in [-0.2, 0) is 0 Å². The number of rotatable bonds is 3. The fourth-order valence-electron chi connectivity index (χ4n) is 1.56. The summed E-state index contributed by atoms with van der Waals surface area (Å²) in [5.74, 6) is 0. The molecule has 0 spiro atoms. The highest BCUT2D eigenvalue weighted by Gasteiger charge is 2.02. The lowest BCUT2D eigenvalue weighted by molar-refractivity contribution is 1.43. The summed E-state index contributed by atoms with van der Waals surface area (Å²) in [5, 5.41) is 5.20. The molecule has 1 rings (SSSR count). The third kappa shape index (κ3) is 3.51. The lowest BCUT2D eigenvalue weighted by Gasteiger charge is -2.08. The van der Waals surface area contributed by atoms with Gasteiger partial charge in [-0.1, -0.05) is 12.1 Å². The molecule has 16 heavy (non-hydrogen) atoms. The van der Waals surface area contributed by atoms with Crippen LogP contribution in [-0.4, -0.2) is 0 Å². The standard InChI is InChI=1S/C13H14S3/c1-10-8-11(2-5-14)13(4-7-16)12(9-10)3-6-15/h2-9,14-16H,1H3. The fraction of sp³-hybridized carbons (Fsp3) is 0.0769. The van der Waals surface area contributed by atoms with Crippen molar-refractivity contribution in [2.75, 3.05) is 0 Å². The summed E-state index contributed by atoms with van der Waals surface area (Å²) in [6, 6.07) is 4.23. The quantitative estimate of drug-likeness (QED) is 0.649. The second kappa shape index (κ2) is 6.94. The summed E-state index contributed by atoms with van der Waals surface area (Å²) in [5.41, 5.74) is 4.58. The summed E-state index contributed by atoms with van der Waals surface area (Å²) < 4.78 is 0. The number of aryl methyl sites for hydroxylation is 1. The highest BCUT2D eigenvalue weighted by molar-refractivity contribution is 7.83. The molecule has 0 nitrogen and oxygen atoms in total. The van der Waals surface area contributed by atoms with E-state index in [1.54, 1.807) is 16.2 Å². The average molecular weight is 266 g/mol. The molecule has 0 atom stereocenters. The van der Waals surface area contributed by atoms with E-state index in [1.165, 1.54) is 5.56 Å². The molecule has 0 aliphatic rings. The topological polar surface area (TPSA) is 0 Å². The maximum Gasteiger partial charge on any atom is -0.0106 e. The highest BCUT2D eigenvalue weighted by Crippen LogP contribution is 2.23. The Balaban J connectivity index is 3.46. The van der Waals surface area contributed by atoms with Crippen LogP contribution in [0.4, 0.5) is 0 Å². The minimum atomic E-state index is 1.12. The zero-order valence-corrected chi connectivity index (χ0v) is 11.6. The molecular formula is C13H14S3. The van der Waals surface area contributed by atoms with Crippen LogP contribution < -0.4 is 0 Å². The SMILES string of the molecule is Cc1cc(C=CS)c(C=CS)c(C=CS)c1. The third-order valence-corrected chi connectivity index (χ3v) is 2.58. The predicted molar refractivity (Wildman–Crippen MR) is 85.2 cm³/mol. The molecular weight excluding hydrogens is 252 g/mol. The molecule has 0 aromatic heterocycles. The molecule has 0 aliphatic heterocycles. The van der Waals surface area contributed by atoms with Crippen LogP contribution in [0.5, 0.6) is 0 Å². The van der Waals surface area contributed by atoms with Crippen molar-refractivity contribution in [1.82, 2.24) is 0 Å². The van der Waals surface area contributed by atoms with Crippen LogP contribution in [0.2, 0.25) is 0 Å². The Morgan fingerprint density at radius 1 is 0.812 bits per heavy atom. The molecule has 0 N–H and O–H groups in total. The maximum absolute atomic E-state index is 4.12. The summed E-state index contributed by atoms with van der Waals surface area (Å²) in [4.78, 5) is 0. The first-order valence-electron chi connectivity index (χ1n) is 4.80. The van der Waals surface area contributed by atoms with Crippen LogP contribution in [0, 0.1) is 6.92 Å². The van der Waals surface area contributed by atoms with Gasteiger partial charge in [-0.05, 0) is 63.6 Å². The van der Waals surface area contributed by atoms with E-state index in [0.29, 0.717) is 0 Å². The average Bonchev–Trinajstić information content (AvgIpc) is 2.24. The van der Waals surface area contributed by atoms with Crippen molar-refractivity contribution in [2.45, 2.75) is 6.92 Å². The van der Waals surface area contributed by atoms with Gasteiger partial charge in [0, 0.05) is 0 Å². The Bertz CT molecular complexity index is 409. The normalized spacial score (nSPS) is 12.2. The Morgan fingerprint density at radius 2 is 1.25 bits per heavy atom. The minimum absolute atomic E-state index is 1.12. The Labute approximate surface area is 113 Å². The Hall–Kier alpha value is -0.510. The first-order chi connectivity index (χ1) is 7.72. The molecule has 0 unspecified atom stereocenters. The van der Waals surface area contributed by atoms with E-state index < -0.39 is 0 Å². The summed E-state index contributed by atoms with van der Waals surface area (Å²) in [7, 11) is 0. The van der Waals surface area contributed by atoms with Gasteiger partial charge in [0.25, 0.3) is 0 Å². The van der Waals surface area contributed by atoms with E-state index in [9.17, 15) is 0 Å².